The van der Waals surface area contributed by atoms with Crippen molar-refractivity contribution in [2.75, 3.05) is 49.1 Å². The van der Waals surface area contributed by atoms with Crippen molar-refractivity contribution in [3.63, 3.8) is 0 Å². The number of halogens is 1. The summed E-state index contributed by atoms with van der Waals surface area (Å²) < 4.78 is 0. The summed E-state index contributed by atoms with van der Waals surface area (Å²) in [6, 6.07) is 2.43. The third kappa shape index (κ3) is 3.07. The highest BCUT2D eigenvalue weighted by Crippen LogP contribution is 2.22. The predicted octanol–water partition coefficient (Wildman–Crippen LogP) is 0.931. The van der Waals surface area contributed by atoms with Crippen LogP contribution in [0.4, 0.5) is 11.9 Å². The fourth-order valence-corrected chi connectivity index (χ4v) is 3.16. The highest BCUT2D eigenvalue weighted by molar-refractivity contribution is 6.30. The summed E-state index contributed by atoms with van der Waals surface area (Å²) in [5, 5.41) is 0.574. The molecule has 2 fully saturated rings. The zero-order chi connectivity index (χ0) is 15.6. The standard InChI is InChI=1S/C15H18ClN7/c16-12-8-19-15(20-9-12)23-10-13(11-23)21-4-6-22(7-5-21)14-17-2-1-3-18-14/h1-3,8-9,13H,4-7,10-11H2. The average molecular weight is 332 g/mol. The molecule has 2 aliphatic rings. The van der Waals surface area contributed by atoms with E-state index in [1.165, 1.54) is 0 Å². The second-order valence-corrected chi connectivity index (χ2v) is 6.27. The first-order valence-corrected chi connectivity index (χ1v) is 8.16. The number of nitrogens with zero attached hydrogens (tertiary/aromatic N) is 7. The fraction of sp³-hybridized carbons (Fsp3) is 0.467. The van der Waals surface area contributed by atoms with Crippen molar-refractivity contribution in [2.45, 2.75) is 6.04 Å². The Morgan fingerprint density at radius 1 is 0.826 bits per heavy atom. The second kappa shape index (κ2) is 6.25. The zero-order valence-corrected chi connectivity index (χ0v) is 13.5. The Hall–Kier alpha value is -1.99. The summed E-state index contributed by atoms with van der Waals surface area (Å²) >= 11 is 5.83. The van der Waals surface area contributed by atoms with Gasteiger partial charge < -0.3 is 9.80 Å². The van der Waals surface area contributed by atoms with Crippen molar-refractivity contribution < 1.29 is 0 Å². The number of hydrogen-bond acceptors (Lipinski definition) is 7. The minimum atomic E-state index is 0.574. The Kier molecular flexibility index (Phi) is 3.97. The highest BCUT2D eigenvalue weighted by Gasteiger charge is 2.35. The Morgan fingerprint density at radius 3 is 2.09 bits per heavy atom. The van der Waals surface area contributed by atoms with Crippen LogP contribution in [0.2, 0.25) is 5.02 Å². The molecule has 0 amide bonds. The van der Waals surface area contributed by atoms with E-state index in [9.17, 15) is 0 Å². The first-order chi connectivity index (χ1) is 11.3. The highest BCUT2D eigenvalue weighted by atomic mass is 35.5. The molecular weight excluding hydrogens is 314 g/mol. The van der Waals surface area contributed by atoms with Gasteiger partial charge >= 0.3 is 0 Å². The monoisotopic (exact) mass is 331 g/mol. The molecule has 0 unspecified atom stereocenters. The van der Waals surface area contributed by atoms with Crippen LogP contribution >= 0.6 is 11.6 Å². The van der Waals surface area contributed by atoms with Crippen LogP contribution in [0.25, 0.3) is 0 Å². The number of rotatable bonds is 3. The quantitative estimate of drug-likeness (QED) is 0.829. The summed E-state index contributed by atoms with van der Waals surface area (Å²) in [4.78, 5) is 24.2. The SMILES string of the molecule is Clc1cnc(N2CC(N3CCN(c4ncccn4)CC3)C2)nc1. The minimum absolute atomic E-state index is 0.574. The Labute approximate surface area is 139 Å². The molecular formula is C15H18ClN7. The molecule has 8 heteroatoms. The molecule has 0 radical (unpaired) electrons. The normalized spacial score (nSPS) is 19.7. The fourth-order valence-electron chi connectivity index (χ4n) is 3.06. The second-order valence-electron chi connectivity index (χ2n) is 5.83. The van der Waals surface area contributed by atoms with Crippen molar-refractivity contribution in [2.24, 2.45) is 0 Å². The van der Waals surface area contributed by atoms with E-state index in [0.29, 0.717) is 11.1 Å². The van der Waals surface area contributed by atoms with Gasteiger partial charge in [0.15, 0.2) is 0 Å². The third-order valence-electron chi connectivity index (χ3n) is 4.42. The van der Waals surface area contributed by atoms with Crippen molar-refractivity contribution >= 4 is 23.5 Å². The lowest BCUT2D eigenvalue weighted by molar-refractivity contribution is 0.155. The van der Waals surface area contributed by atoms with Crippen molar-refractivity contribution in [1.29, 1.82) is 0 Å². The Morgan fingerprint density at radius 2 is 1.43 bits per heavy atom. The van der Waals surface area contributed by atoms with Gasteiger partial charge in [0.05, 0.1) is 17.4 Å². The minimum Gasteiger partial charge on any atom is -0.338 e. The van der Waals surface area contributed by atoms with Gasteiger partial charge in [0, 0.05) is 57.7 Å². The molecule has 0 saturated carbocycles. The largest absolute Gasteiger partial charge is 0.338 e. The van der Waals surface area contributed by atoms with Crippen LogP contribution in [0, 0.1) is 0 Å². The summed E-state index contributed by atoms with van der Waals surface area (Å²) in [7, 11) is 0. The zero-order valence-electron chi connectivity index (χ0n) is 12.7. The summed E-state index contributed by atoms with van der Waals surface area (Å²) in [5.41, 5.74) is 0. The van der Waals surface area contributed by atoms with Crippen LogP contribution in [0.5, 0.6) is 0 Å². The number of hydrogen-bond donors (Lipinski definition) is 0. The summed E-state index contributed by atoms with van der Waals surface area (Å²) in [6.07, 6.45) is 6.89. The maximum Gasteiger partial charge on any atom is 0.225 e. The molecule has 0 aliphatic carbocycles. The Balaban J connectivity index is 1.28. The van der Waals surface area contributed by atoms with E-state index in [2.05, 4.69) is 34.6 Å². The molecule has 23 heavy (non-hydrogen) atoms. The first kappa shape index (κ1) is 14.6. The molecule has 0 N–H and O–H groups in total. The van der Waals surface area contributed by atoms with Gasteiger partial charge in [-0.25, -0.2) is 19.9 Å². The molecule has 0 spiro atoms. The molecule has 2 aliphatic heterocycles. The van der Waals surface area contributed by atoms with Crippen LogP contribution in [-0.2, 0) is 0 Å². The number of piperazine rings is 1. The smallest absolute Gasteiger partial charge is 0.225 e. The molecule has 2 saturated heterocycles. The predicted molar refractivity (Wildman–Crippen MR) is 88.9 cm³/mol. The van der Waals surface area contributed by atoms with E-state index >= 15 is 0 Å². The molecule has 120 valence electrons. The van der Waals surface area contributed by atoms with Crippen LogP contribution in [0.15, 0.2) is 30.9 Å². The summed E-state index contributed by atoms with van der Waals surface area (Å²) in [6.45, 7) is 5.97. The van der Waals surface area contributed by atoms with Crippen molar-refractivity contribution in [1.82, 2.24) is 24.8 Å². The average Bonchev–Trinajstić information content (AvgIpc) is 2.57. The van der Waals surface area contributed by atoms with Gasteiger partial charge in [-0.3, -0.25) is 4.90 Å². The van der Waals surface area contributed by atoms with Gasteiger partial charge in [-0.1, -0.05) is 11.6 Å². The van der Waals surface area contributed by atoms with Crippen LogP contribution in [0.1, 0.15) is 0 Å². The molecule has 4 heterocycles. The van der Waals surface area contributed by atoms with Gasteiger partial charge in [0.25, 0.3) is 0 Å². The van der Waals surface area contributed by atoms with Crippen LogP contribution in [0.3, 0.4) is 0 Å². The van der Waals surface area contributed by atoms with Gasteiger partial charge in [-0.15, -0.1) is 0 Å². The molecule has 4 rings (SSSR count). The summed E-state index contributed by atoms with van der Waals surface area (Å²) in [5.74, 6) is 1.60. The van der Waals surface area contributed by atoms with Crippen molar-refractivity contribution in [3.05, 3.63) is 35.9 Å². The van der Waals surface area contributed by atoms with E-state index in [1.54, 1.807) is 24.8 Å². The maximum absolute atomic E-state index is 5.83. The first-order valence-electron chi connectivity index (χ1n) is 7.78. The van der Waals surface area contributed by atoms with Gasteiger partial charge in [0.1, 0.15) is 0 Å². The lowest BCUT2D eigenvalue weighted by Gasteiger charge is -2.48. The van der Waals surface area contributed by atoms with E-state index in [-0.39, 0.29) is 0 Å². The van der Waals surface area contributed by atoms with Gasteiger partial charge in [0.2, 0.25) is 11.9 Å². The van der Waals surface area contributed by atoms with E-state index in [4.69, 9.17) is 11.6 Å². The van der Waals surface area contributed by atoms with Crippen molar-refractivity contribution in [3.8, 4) is 0 Å². The maximum atomic E-state index is 5.83. The van der Waals surface area contributed by atoms with Gasteiger partial charge in [-0.05, 0) is 6.07 Å². The molecule has 0 atom stereocenters. The molecule has 7 nitrogen and oxygen atoms in total. The number of aromatic nitrogens is 4. The molecule has 2 aromatic rings. The third-order valence-corrected chi connectivity index (χ3v) is 4.61. The van der Waals surface area contributed by atoms with E-state index in [1.807, 2.05) is 6.07 Å². The number of anilines is 2. The lowest BCUT2D eigenvalue weighted by Crippen LogP contribution is -2.63. The molecule has 0 aromatic carbocycles. The topological polar surface area (TPSA) is 61.3 Å². The van der Waals surface area contributed by atoms with E-state index in [0.717, 1.165) is 51.2 Å². The van der Waals surface area contributed by atoms with E-state index < -0.39 is 0 Å². The molecule has 2 aromatic heterocycles. The van der Waals surface area contributed by atoms with Crippen LogP contribution in [-0.4, -0.2) is 70.1 Å². The van der Waals surface area contributed by atoms with Crippen LogP contribution < -0.4 is 9.80 Å². The van der Waals surface area contributed by atoms with Gasteiger partial charge in [-0.2, -0.15) is 0 Å². The Bertz CT molecular complexity index is 637. The lowest BCUT2D eigenvalue weighted by atomic mass is 10.1. The molecule has 0 bridgehead atoms.